The lowest BCUT2D eigenvalue weighted by Gasteiger charge is -2.11. The molecule has 0 saturated heterocycles. The molecule has 2 aromatic carbocycles. The number of nitro groups is 1. The summed E-state index contributed by atoms with van der Waals surface area (Å²) in [6.45, 7) is 0.0766. The minimum absolute atomic E-state index is 0.0374. The number of hydrogen-bond donors (Lipinski definition) is 2. The molecule has 24 heavy (non-hydrogen) atoms. The van der Waals surface area contributed by atoms with Crippen LogP contribution in [0.5, 0.6) is 0 Å². The number of non-ortho nitro benzene ring substituents is 1. The van der Waals surface area contributed by atoms with E-state index < -0.39 is 21.4 Å². The molecule has 0 heterocycles. The van der Waals surface area contributed by atoms with Crippen LogP contribution in [-0.2, 0) is 16.6 Å². The molecule has 0 aliphatic heterocycles. The number of primary sulfonamides is 1. The first kappa shape index (κ1) is 17.8. The van der Waals surface area contributed by atoms with Crippen LogP contribution in [0, 0.1) is 10.1 Å². The van der Waals surface area contributed by atoms with E-state index in [1.54, 1.807) is 0 Å². The van der Waals surface area contributed by atoms with Crippen LogP contribution < -0.4 is 10.5 Å². The first-order valence-electron chi connectivity index (χ1n) is 6.60. The van der Waals surface area contributed by atoms with E-state index in [0.29, 0.717) is 5.56 Å². The van der Waals surface area contributed by atoms with Crippen LogP contribution >= 0.6 is 0 Å². The largest absolute Gasteiger partial charge is 0.380 e. The zero-order valence-electron chi connectivity index (χ0n) is 12.1. The van der Waals surface area contributed by atoms with Crippen molar-refractivity contribution < 1.29 is 22.1 Å². The smallest absolute Gasteiger partial charge is 0.271 e. The Morgan fingerprint density at radius 1 is 1.17 bits per heavy atom. The van der Waals surface area contributed by atoms with Crippen molar-refractivity contribution in [3.63, 3.8) is 0 Å². The van der Waals surface area contributed by atoms with Crippen LogP contribution in [0.4, 0.5) is 20.2 Å². The fourth-order valence-corrected chi connectivity index (χ4v) is 2.69. The quantitative estimate of drug-likeness (QED) is 0.609. The third-order valence-corrected chi connectivity index (χ3v) is 4.16. The summed E-state index contributed by atoms with van der Waals surface area (Å²) in [4.78, 5) is 9.85. The van der Waals surface area contributed by atoms with Gasteiger partial charge in [-0.1, -0.05) is 24.3 Å². The third-order valence-electron chi connectivity index (χ3n) is 3.20. The van der Waals surface area contributed by atoms with Gasteiger partial charge < -0.3 is 5.32 Å². The average molecular weight is 357 g/mol. The van der Waals surface area contributed by atoms with Gasteiger partial charge in [0.25, 0.3) is 12.1 Å². The molecule has 0 aliphatic carbocycles. The van der Waals surface area contributed by atoms with E-state index in [9.17, 15) is 27.3 Å². The van der Waals surface area contributed by atoms with Gasteiger partial charge in [0.05, 0.1) is 10.6 Å². The molecule has 0 fully saturated rings. The van der Waals surface area contributed by atoms with Gasteiger partial charge in [-0.3, -0.25) is 10.1 Å². The van der Waals surface area contributed by atoms with Gasteiger partial charge in [0.15, 0.2) is 0 Å². The van der Waals surface area contributed by atoms with Crippen molar-refractivity contribution in [3.8, 4) is 0 Å². The second-order valence-electron chi connectivity index (χ2n) is 4.88. The number of benzene rings is 2. The first-order valence-corrected chi connectivity index (χ1v) is 8.15. The number of alkyl halides is 2. The van der Waals surface area contributed by atoms with Crippen molar-refractivity contribution in [1.29, 1.82) is 0 Å². The van der Waals surface area contributed by atoms with Gasteiger partial charge in [0.2, 0.25) is 10.0 Å². The second kappa shape index (κ2) is 6.89. The van der Waals surface area contributed by atoms with Crippen molar-refractivity contribution in [3.05, 3.63) is 63.7 Å². The fourth-order valence-electron chi connectivity index (χ4n) is 2.00. The van der Waals surface area contributed by atoms with Gasteiger partial charge in [-0.05, 0) is 11.6 Å². The Morgan fingerprint density at radius 2 is 1.79 bits per heavy atom. The fraction of sp³-hybridized carbons (Fsp3) is 0.143. The van der Waals surface area contributed by atoms with Gasteiger partial charge in [-0.2, -0.15) is 0 Å². The second-order valence-corrected chi connectivity index (χ2v) is 6.41. The van der Waals surface area contributed by atoms with Crippen LogP contribution in [0.2, 0.25) is 0 Å². The summed E-state index contributed by atoms with van der Waals surface area (Å²) >= 11 is 0. The van der Waals surface area contributed by atoms with Gasteiger partial charge in [0, 0.05) is 24.2 Å². The summed E-state index contributed by atoms with van der Waals surface area (Å²) in [6, 6.07) is 8.50. The predicted octanol–water partition coefficient (Wildman–Crippen LogP) is 2.79. The standard InChI is InChI=1S/C14H13F2N3O4S/c15-14(16)10-3-1-9(2-4-10)8-18-12-7-11(19(20)21)5-6-13(12)24(17,22)23/h1-7,14,18H,8H2,(H2,17,22,23). The summed E-state index contributed by atoms with van der Waals surface area (Å²) < 4.78 is 48.1. The minimum atomic E-state index is -4.08. The Hall–Kier alpha value is -2.59. The number of nitrogens with zero attached hydrogens (tertiary/aromatic N) is 1. The Bertz CT molecular complexity index is 855. The van der Waals surface area contributed by atoms with E-state index in [1.807, 2.05) is 0 Å². The summed E-state index contributed by atoms with van der Waals surface area (Å²) in [6.07, 6.45) is -2.59. The van der Waals surface area contributed by atoms with Gasteiger partial charge >= 0.3 is 0 Å². The van der Waals surface area contributed by atoms with E-state index in [4.69, 9.17) is 5.14 Å². The number of anilines is 1. The molecule has 7 nitrogen and oxygen atoms in total. The first-order chi connectivity index (χ1) is 11.2. The molecule has 0 aliphatic rings. The lowest BCUT2D eigenvalue weighted by atomic mass is 10.1. The highest BCUT2D eigenvalue weighted by Gasteiger charge is 2.18. The summed E-state index contributed by atoms with van der Waals surface area (Å²) in [5.41, 5.74) is 0.105. The number of hydrogen-bond acceptors (Lipinski definition) is 5. The normalized spacial score (nSPS) is 11.5. The topological polar surface area (TPSA) is 115 Å². The molecule has 0 aromatic heterocycles. The summed E-state index contributed by atoms with van der Waals surface area (Å²) in [5, 5.41) is 18.6. The zero-order valence-corrected chi connectivity index (χ0v) is 13.0. The van der Waals surface area contributed by atoms with Gasteiger partial charge in [0.1, 0.15) is 4.90 Å². The average Bonchev–Trinajstić information content (AvgIpc) is 2.52. The van der Waals surface area contributed by atoms with Gasteiger partial charge in [-0.15, -0.1) is 0 Å². The number of sulfonamides is 1. The Labute approximate surface area is 136 Å². The molecule has 3 N–H and O–H groups in total. The SMILES string of the molecule is NS(=O)(=O)c1ccc([N+](=O)[O-])cc1NCc1ccc(C(F)F)cc1. The maximum atomic E-state index is 12.5. The number of nitrogens with two attached hydrogens (primary N) is 1. The number of halogens is 2. The highest BCUT2D eigenvalue weighted by atomic mass is 32.2. The van der Waals surface area contributed by atoms with E-state index in [1.165, 1.54) is 24.3 Å². The molecule has 0 atom stereocenters. The molecule has 2 aromatic rings. The van der Waals surface area contributed by atoms with E-state index in [0.717, 1.165) is 18.2 Å². The highest BCUT2D eigenvalue weighted by Crippen LogP contribution is 2.26. The Balaban J connectivity index is 2.27. The number of rotatable bonds is 6. The molecule has 128 valence electrons. The maximum Gasteiger partial charge on any atom is 0.271 e. The number of nitro benzene ring substituents is 1. The van der Waals surface area contributed by atoms with E-state index in [-0.39, 0.29) is 28.4 Å². The molecular formula is C14H13F2N3O4S. The highest BCUT2D eigenvalue weighted by molar-refractivity contribution is 7.89. The van der Waals surface area contributed by atoms with E-state index >= 15 is 0 Å². The molecule has 0 saturated carbocycles. The van der Waals surface area contributed by atoms with Crippen molar-refractivity contribution in [1.82, 2.24) is 0 Å². The molecule has 0 spiro atoms. The molecule has 0 unspecified atom stereocenters. The van der Waals surface area contributed by atoms with Crippen LogP contribution in [0.25, 0.3) is 0 Å². The van der Waals surface area contributed by atoms with Crippen molar-refractivity contribution in [2.45, 2.75) is 17.9 Å². The molecule has 0 amide bonds. The molecule has 2 rings (SSSR count). The maximum absolute atomic E-state index is 12.5. The van der Waals surface area contributed by atoms with Crippen molar-refractivity contribution >= 4 is 21.4 Å². The zero-order chi connectivity index (χ0) is 17.9. The predicted molar refractivity (Wildman–Crippen MR) is 83.2 cm³/mol. The lowest BCUT2D eigenvalue weighted by molar-refractivity contribution is -0.384. The Morgan fingerprint density at radius 3 is 2.29 bits per heavy atom. The van der Waals surface area contributed by atoms with Crippen molar-refractivity contribution in [2.75, 3.05) is 5.32 Å². The minimum Gasteiger partial charge on any atom is -0.380 e. The monoisotopic (exact) mass is 357 g/mol. The summed E-state index contributed by atoms with van der Waals surface area (Å²) in [7, 11) is -4.08. The van der Waals surface area contributed by atoms with Crippen LogP contribution in [0.3, 0.4) is 0 Å². The molecule has 10 heteroatoms. The van der Waals surface area contributed by atoms with Crippen molar-refractivity contribution in [2.24, 2.45) is 5.14 Å². The third kappa shape index (κ3) is 4.24. The Kier molecular flexibility index (Phi) is 5.10. The molecule has 0 bridgehead atoms. The lowest BCUT2D eigenvalue weighted by Crippen LogP contribution is -2.15. The van der Waals surface area contributed by atoms with Crippen LogP contribution in [-0.4, -0.2) is 13.3 Å². The van der Waals surface area contributed by atoms with E-state index in [2.05, 4.69) is 5.32 Å². The molecule has 0 radical (unpaired) electrons. The summed E-state index contributed by atoms with van der Waals surface area (Å²) in [5.74, 6) is 0. The van der Waals surface area contributed by atoms with Crippen LogP contribution in [0.1, 0.15) is 17.6 Å². The van der Waals surface area contributed by atoms with Gasteiger partial charge in [-0.25, -0.2) is 22.3 Å². The number of nitrogens with one attached hydrogen (secondary N) is 1. The van der Waals surface area contributed by atoms with Crippen LogP contribution in [0.15, 0.2) is 47.4 Å². The molecular weight excluding hydrogens is 344 g/mol.